The molecule has 17 nitrogen and oxygen atoms in total. The first-order valence-electron chi connectivity index (χ1n) is 19.5. The number of fused-ring (bicyclic) bond motifs is 6. The first kappa shape index (κ1) is 39.4. The van der Waals surface area contributed by atoms with Crippen molar-refractivity contribution < 1.29 is 23.8 Å². The van der Waals surface area contributed by atoms with E-state index >= 15 is 0 Å². The molecule has 1 aliphatic rings. The van der Waals surface area contributed by atoms with Gasteiger partial charge in [-0.05, 0) is 93.7 Å². The van der Waals surface area contributed by atoms with Crippen LogP contribution >= 0.6 is 0 Å². The topological polar surface area (TPSA) is 187 Å². The van der Waals surface area contributed by atoms with Gasteiger partial charge in [-0.15, -0.1) is 10.2 Å². The number of para-hydroxylation sites is 2. The molecule has 0 spiro atoms. The molecule has 1 saturated heterocycles. The maximum Gasteiger partial charge on any atom is 0.328 e. The predicted octanol–water partition coefficient (Wildman–Crippen LogP) is 5.11. The first-order chi connectivity index (χ1) is 29.2. The first-order valence-corrected chi connectivity index (χ1v) is 19.5. The number of hydrogen-bond acceptors (Lipinski definition) is 14. The minimum absolute atomic E-state index is 0.0528. The molecule has 60 heavy (non-hydrogen) atoms. The molecule has 3 N–H and O–H groups in total. The number of benzene rings is 4. The molecule has 306 valence electrons. The number of nitrogens with zero attached hydrogens (tertiary/aromatic N) is 9. The molecule has 1 aliphatic heterocycles. The van der Waals surface area contributed by atoms with E-state index in [1.165, 1.54) is 0 Å². The Kier molecular flexibility index (Phi) is 11.3. The molecular weight excluding hydrogens is 765 g/mol. The number of amides is 1. The molecule has 1 amide bonds. The molecule has 4 aromatic heterocycles. The van der Waals surface area contributed by atoms with Crippen molar-refractivity contribution in [1.29, 1.82) is 0 Å². The van der Waals surface area contributed by atoms with Gasteiger partial charge in [0.25, 0.3) is 0 Å². The summed E-state index contributed by atoms with van der Waals surface area (Å²) in [5.41, 5.74) is 4.59. The molecule has 17 heteroatoms. The highest BCUT2D eigenvalue weighted by molar-refractivity contribution is 5.94. The van der Waals surface area contributed by atoms with Gasteiger partial charge in [-0.3, -0.25) is 4.79 Å². The fourth-order valence-electron chi connectivity index (χ4n) is 6.79. The lowest BCUT2D eigenvalue weighted by Gasteiger charge is -2.20. The normalized spacial score (nSPS) is 14.9. The highest BCUT2D eigenvalue weighted by Gasteiger charge is 2.26. The molecule has 0 aliphatic carbocycles. The van der Waals surface area contributed by atoms with Crippen LogP contribution in [-0.2, 0) is 14.3 Å². The maximum absolute atomic E-state index is 12.6. The summed E-state index contributed by atoms with van der Waals surface area (Å²) in [7, 11) is 5.25. The minimum atomic E-state index is -0.583. The van der Waals surface area contributed by atoms with Gasteiger partial charge in [-0.25, -0.2) is 24.7 Å². The van der Waals surface area contributed by atoms with Gasteiger partial charge >= 0.3 is 5.97 Å². The summed E-state index contributed by atoms with van der Waals surface area (Å²) in [6.45, 7) is 5.81. The summed E-state index contributed by atoms with van der Waals surface area (Å²) in [5, 5.41) is 20.5. The average Bonchev–Trinajstić information content (AvgIpc) is 3.90. The number of methoxy groups -OCH3 is 2. The van der Waals surface area contributed by atoms with Gasteiger partial charge in [0.2, 0.25) is 17.8 Å². The van der Waals surface area contributed by atoms with Gasteiger partial charge in [0, 0.05) is 41.5 Å². The summed E-state index contributed by atoms with van der Waals surface area (Å²) in [5.74, 6) is 3.15. The number of esters is 1. The smallest absolute Gasteiger partial charge is 0.328 e. The number of carbonyl (C=O) groups is 2. The minimum Gasteiger partial charge on any atom is -0.497 e. The zero-order valence-corrected chi connectivity index (χ0v) is 33.8. The predicted molar refractivity (Wildman–Crippen MR) is 228 cm³/mol. The third-order valence-corrected chi connectivity index (χ3v) is 9.95. The quantitative estimate of drug-likeness (QED) is 0.155. The summed E-state index contributed by atoms with van der Waals surface area (Å²) in [6.07, 6.45) is 0. The van der Waals surface area contributed by atoms with Crippen molar-refractivity contribution in [2.45, 2.75) is 25.9 Å². The summed E-state index contributed by atoms with van der Waals surface area (Å²) in [6, 6.07) is 29.6. The number of carbonyl (C=O) groups excluding carboxylic acids is 2. The van der Waals surface area contributed by atoms with Crippen molar-refractivity contribution in [2.75, 3.05) is 58.1 Å². The van der Waals surface area contributed by atoms with E-state index < -0.39 is 12.1 Å². The van der Waals surface area contributed by atoms with E-state index in [0.717, 1.165) is 51.0 Å². The second kappa shape index (κ2) is 17.2. The second-order valence-corrected chi connectivity index (χ2v) is 14.1. The van der Waals surface area contributed by atoms with Crippen molar-refractivity contribution in [1.82, 2.24) is 49.4 Å². The fourth-order valence-corrected chi connectivity index (χ4v) is 6.79. The van der Waals surface area contributed by atoms with Crippen LogP contribution in [0.2, 0.25) is 0 Å². The number of likely N-dealkylation sites (N-methyl/N-ethyl adjacent to an activating group) is 1. The van der Waals surface area contributed by atoms with E-state index in [1.807, 2.05) is 104 Å². The molecule has 1 fully saturated rings. The Bertz CT molecular complexity index is 2810. The zero-order chi connectivity index (χ0) is 41.8. The Hall–Kier alpha value is -7.40. The van der Waals surface area contributed by atoms with E-state index in [9.17, 15) is 9.59 Å². The fraction of sp³-hybridized carbons (Fsp3) is 0.256. The molecule has 5 heterocycles. The molecule has 1 unspecified atom stereocenters. The van der Waals surface area contributed by atoms with E-state index in [4.69, 9.17) is 34.3 Å². The van der Waals surface area contributed by atoms with Crippen LogP contribution in [-0.4, -0.2) is 116 Å². The number of anilines is 2. The highest BCUT2D eigenvalue weighted by atomic mass is 16.5. The molecule has 0 bridgehead atoms. The second-order valence-electron chi connectivity index (χ2n) is 14.1. The van der Waals surface area contributed by atoms with Crippen LogP contribution in [0.5, 0.6) is 11.5 Å². The SMILES string of the molecule is CCOC(=O)C(C)Nc1nc2ccccc2c2nc(-c3ccc(OC)cc3)nn12.COc1ccc(-c2nc3c4ccccc4nc(N[C@@H]4CN(C)CCNC4=O)n3n2)cc1. The lowest BCUT2D eigenvalue weighted by molar-refractivity contribution is -0.143. The van der Waals surface area contributed by atoms with Crippen LogP contribution < -0.4 is 25.4 Å². The lowest BCUT2D eigenvalue weighted by Crippen LogP contribution is -2.42. The van der Waals surface area contributed by atoms with Gasteiger partial charge in [0.05, 0.1) is 31.9 Å². The number of ether oxygens (including phenoxy) is 3. The number of rotatable bonds is 10. The van der Waals surface area contributed by atoms with Crippen molar-refractivity contribution in [3.05, 3.63) is 97.1 Å². The van der Waals surface area contributed by atoms with Gasteiger partial charge < -0.3 is 35.1 Å². The highest BCUT2D eigenvalue weighted by Crippen LogP contribution is 2.27. The average molecular weight is 809 g/mol. The largest absolute Gasteiger partial charge is 0.497 e. The molecule has 4 aromatic carbocycles. The molecule has 2 atom stereocenters. The number of hydrogen-bond donors (Lipinski definition) is 3. The summed E-state index contributed by atoms with van der Waals surface area (Å²) >= 11 is 0. The van der Waals surface area contributed by atoms with E-state index in [1.54, 1.807) is 37.1 Å². The van der Waals surface area contributed by atoms with Crippen LogP contribution in [0.3, 0.4) is 0 Å². The van der Waals surface area contributed by atoms with Crippen LogP contribution in [0.25, 0.3) is 55.9 Å². The van der Waals surface area contributed by atoms with Crippen molar-refractivity contribution in [3.8, 4) is 34.3 Å². The number of aromatic nitrogens is 8. The van der Waals surface area contributed by atoms with Crippen LogP contribution in [0, 0.1) is 0 Å². The van der Waals surface area contributed by atoms with Crippen molar-refractivity contribution in [3.63, 3.8) is 0 Å². The molecule has 8 aromatic rings. The summed E-state index contributed by atoms with van der Waals surface area (Å²) < 4.78 is 18.9. The summed E-state index contributed by atoms with van der Waals surface area (Å²) in [4.78, 5) is 45.7. The van der Waals surface area contributed by atoms with E-state index in [-0.39, 0.29) is 11.9 Å². The Morgan fingerprint density at radius 2 is 1.28 bits per heavy atom. The van der Waals surface area contributed by atoms with Gasteiger partial charge in [-0.1, -0.05) is 24.3 Å². The number of nitrogens with one attached hydrogen (secondary N) is 3. The van der Waals surface area contributed by atoms with Crippen LogP contribution in [0.15, 0.2) is 97.1 Å². The van der Waals surface area contributed by atoms with Crippen LogP contribution in [0.1, 0.15) is 13.8 Å². The third kappa shape index (κ3) is 8.15. The van der Waals surface area contributed by atoms with E-state index in [2.05, 4.69) is 30.9 Å². The molecule has 0 saturated carbocycles. The molecular formula is C43H44N12O5. The van der Waals surface area contributed by atoms with Crippen molar-refractivity contribution >= 4 is 56.9 Å². The van der Waals surface area contributed by atoms with Gasteiger partial charge in [-0.2, -0.15) is 9.03 Å². The Balaban J connectivity index is 0.000000167. The van der Waals surface area contributed by atoms with Gasteiger partial charge in [0.1, 0.15) is 23.6 Å². The molecule has 0 radical (unpaired) electrons. The lowest BCUT2D eigenvalue weighted by atomic mass is 10.2. The Labute approximate surface area is 344 Å². The Morgan fingerprint density at radius 1 is 0.767 bits per heavy atom. The van der Waals surface area contributed by atoms with Gasteiger partial charge in [0.15, 0.2) is 22.9 Å². The zero-order valence-electron chi connectivity index (χ0n) is 33.8. The Morgan fingerprint density at radius 3 is 1.82 bits per heavy atom. The maximum atomic E-state index is 12.6. The third-order valence-electron chi connectivity index (χ3n) is 9.95. The molecule has 9 rings (SSSR count). The van der Waals surface area contributed by atoms with E-state index in [0.29, 0.717) is 54.5 Å². The van der Waals surface area contributed by atoms with Crippen LogP contribution in [0.4, 0.5) is 11.9 Å². The standard InChI is InChI=1S/C22H23N7O2.C21H21N5O3/c1-28-12-11-23-21(30)18(13-28)25-22-24-17-6-4-3-5-16(17)20-26-19(27-29(20)22)14-7-9-15(31-2)10-8-14;1-4-29-20(27)13(2)22-21-23-17-8-6-5-7-16(17)19-24-18(25-26(19)21)14-9-11-15(28-3)12-10-14/h3-10,18H,11-13H2,1-2H3,(H,23,30)(H,24,25);5-13H,4H2,1-3H3,(H,22,23)/t18-;/m1./s1. The monoisotopic (exact) mass is 808 g/mol. The van der Waals surface area contributed by atoms with Crippen molar-refractivity contribution in [2.24, 2.45) is 0 Å².